The molecule has 0 amide bonds. The summed E-state index contributed by atoms with van der Waals surface area (Å²) < 4.78 is 0. The maximum absolute atomic E-state index is 10.5. The topological polar surface area (TPSA) is 115 Å². The molecule has 0 aromatic heterocycles. The zero-order valence-corrected chi connectivity index (χ0v) is 6.90. The van der Waals surface area contributed by atoms with Crippen molar-refractivity contribution in [2.24, 2.45) is 10.2 Å². The second-order valence-electron chi connectivity index (χ2n) is 2.24. The van der Waals surface area contributed by atoms with Gasteiger partial charge in [-0.15, -0.1) is 0 Å². The summed E-state index contributed by atoms with van der Waals surface area (Å²) in [7, 11) is 0. The van der Waals surface area contributed by atoms with Gasteiger partial charge in [-0.1, -0.05) is 22.4 Å². The van der Waals surface area contributed by atoms with Gasteiger partial charge >= 0.3 is 0 Å². The number of benzene rings is 1. The molecule has 14 heavy (non-hydrogen) atoms. The Morgan fingerprint density at radius 2 is 1.93 bits per heavy atom. The minimum atomic E-state index is 0.146. The van der Waals surface area contributed by atoms with Gasteiger partial charge in [-0.25, -0.2) is 0 Å². The van der Waals surface area contributed by atoms with Crippen LogP contribution in [0.3, 0.4) is 0 Å². The third-order valence-electron chi connectivity index (χ3n) is 1.45. The molecule has 68 valence electrons. The van der Waals surface area contributed by atoms with Gasteiger partial charge in [-0.3, -0.25) is 4.79 Å². The summed E-state index contributed by atoms with van der Waals surface area (Å²) in [6.45, 7) is 0. The molecule has 0 aliphatic heterocycles. The number of hydrogen-bond acceptors (Lipinski definition) is 3. The fraction of sp³-hybridized carbons (Fsp3) is 0. The lowest BCUT2D eigenvalue weighted by Gasteiger charge is -1.97. The van der Waals surface area contributed by atoms with E-state index in [4.69, 9.17) is 11.1 Å². The molecular formula is C7H4N6O. The van der Waals surface area contributed by atoms with E-state index in [1.54, 1.807) is 0 Å². The van der Waals surface area contributed by atoms with Gasteiger partial charge in [-0.05, 0) is 17.1 Å². The Hall–Kier alpha value is -2.49. The van der Waals surface area contributed by atoms with Crippen molar-refractivity contribution in [2.75, 3.05) is 0 Å². The van der Waals surface area contributed by atoms with Crippen LogP contribution in [0.25, 0.3) is 20.9 Å². The predicted molar refractivity (Wildman–Crippen MR) is 49.4 cm³/mol. The normalized spacial score (nSPS) is 8.29. The quantitative estimate of drug-likeness (QED) is 0.307. The number of nitrogens with zero attached hydrogens (tertiary/aromatic N) is 6. The third kappa shape index (κ3) is 2.01. The Morgan fingerprint density at radius 1 is 1.21 bits per heavy atom. The Labute approximate surface area is 78.2 Å². The highest BCUT2D eigenvalue weighted by atomic mass is 16.1. The Balaban J connectivity index is 3.33. The molecule has 1 aromatic rings. The molecule has 1 aromatic carbocycles. The summed E-state index contributed by atoms with van der Waals surface area (Å²) in [5, 5.41) is 6.59. The Kier molecular flexibility index (Phi) is 3.09. The first-order valence-electron chi connectivity index (χ1n) is 3.51. The van der Waals surface area contributed by atoms with Crippen molar-refractivity contribution in [1.82, 2.24) is 0 Å². The number of azide groups is 2. The average molecular weight is 188 g/mol. The predicted octanol–water partition coefficient (Wildman–Crippen LogP) is 3.38. The third-order valence-corrected chi connectivity index (χ3v) is 1.45. The van der Waals surface area contributed by atoms with Crippen molar-refractivity contribution in [3.05, 3.63) is 44.6 Å². The lowest BCUT2D eigenvalue weighted by molar-refractivity contribution is 0.112. The van der Waals surface area contributed by atoms with E-state index in [0.29, 0.717) is 12.0 Å². The first-order chi connectivity index (χ1) is 6.81. The van der Waals surface area contributed by atoms with Crippen molar-refractivity contribution < 1.29 is 4.79 Å². The van der Waals surface area contributed by atoms with Crippen molar-refractivity contribution in [3.8, 4) is 0 Å². The molecule has 0 radical (unpaired) electrons. The van der Waals surface area contributed by atoms with Gasteiger partial charge in [0, 0.05) is 26.8 Å². The van der Waals surface area contributed by atoms with Crippen molar-refractivity contribution in [3.63, 3.8) is 0 Å². The second-order valence-corrected chi connectivity index (χ2v) is 2.24. The van der Waals surface area contributed by atoms with Gasteiger partial charge in [0.1, 0.15) is 0 Å². The van der Waals surface area contributed by atoms with E-state index >= 15 is 0 Å². The smallest absolute Gasteiger partial charge is 0.150 e. The molecule has 0 N–H and O–H groups in total. The second kappa shape index (κ2) is 4.51. The zero-order chi connectivity index (χ0) is 10.4. The number of carbonyl (C=O) groups excluding carboxylic acids is 1. The summed E-state index contributed by atoms with van der Waals surface area (Å²) in [5.41, 5.74) is 17.0. The van der Waals surface area contributed by atoms with Crippen LogP contribution in [0.4, 0.5) is 11.4 Å². The molecule has 0 aliphatic carbocycles. The van der Waals surface area contributed by atoms with Crippen LogP contribution >= 0.6 is 0 Å². The molecule has 0 saturated carbocycles. The summed E-state index contributed by atoms with van der Waals surface area (Å²) in [6.07, 6.45) is 0.559. The molecule has 1 rings (SSSR count). The average Bonchev–Trinajstić information content (AvgIpc) is 2.19. The van der Waals surface area contributed by atoms with Gasteiger partial charge in [0.2, 0.25) is 0 Å². The first-order valence-corrected chi connectivity index (χ1v) is 3.51. The maximum atomic E-state index is 10.5. The fourth-order valence-corrected chi connectivity index (χ4v) is 0.880. The summed E-state index contributed by atoms with van der Waals surface area (Å²) in [4.78, 5) is 15.6. The summed E-state index contributed by atoms with van der Waals surface area (Å²) in [6, 6.07) is 4.21. The van der Waals surface area contributed by atoms with E-state index in [-0.39, 0.29) is 11.3 Å². The molecule has 7 nitrogen and oxygen atoms in total. The van der Waals surface area contributed by atoms with Gasteiger partial charge in [0.15, 0.2) is 6.29 Å². The van der Waals surface area contributed by atoms with Crippen molar-refractivity contribution in [1.29, 1.82) is 0 Å². The Morgan fingerprint density at radius 3 is 2.50 bits per heavy atom. The standard InChI is InChI=1S/C7H4N6O/c8-12-10-6-2-1-5(4-14)7(3-6)11-13-9/h1-4H. The van der Waals surface area contributed by atoms with E-state index in [0.717, 1.165) is 0 Å². The van der Waals surface area contributed by atoms with Crippen LogP contribution in [0, 0.1) is 0 Å². The molecule has 0 heterocycles. The number of rotatable bonds is 3. The lowest BCUT2D eigenvalue weighted by atomic mass is 10.2. The highest BCUT2D eigenvalue weighted by Crippen LogP contribution is 2.24. The fourth-order valence-electron chi connectivity index (χ4n) is 0.880. The molecule has 0 saturated heterocycles. The molecule has 0 atom stereocenters. The van der Waals surface area contributed by atoms with Crippen LogP contribution in [0.5, 0.6) is 0 Å². The van der Waals surface area contributed by atoms with E-state index in [1.165, 1.54) is 18.2 Å². The first kappa shape index (κ1) is 9.60. The molecule has 0 bridgehead atoms. The zero-order valence-electron chi connectivity index (χ0n) is 6.90. The highest BCUT2D eigenvalue weighted by molar-refractivity contribution is 5.84. The van der Waals surface area contributed by atoms with Gasteiger partial charge < -0.3 is 0 Å². The van der Waals surface area contributed by atoms with E-state index in [9.17, 15) is 4.79 Å². The van der Waals surface area contributed by atoms with E-state index in [1.807, 2.05) is 0 Å². The van der Waals surface area contributed by atoms with Crippen LogP contribution in [-0.4, -0.2) is 6.29 Å². The van der Waals surface area contributed by atoms with Crippen LogP contribution in [0.2, 0.25) is 0 Å². The summed E-state index contributed by atoms with van der Waals surface area (Å²) >= 11 is 0. The molecule has 0 unspecified atom stereocenters. The maximum Gasteiger partial charge on any atom is 0.150 e. The molecule has 7 heteroatoms. The van der Waals surface area contributed by atoms with Crippen LogP contribution in [0.1, 0.15) is 10.4 Å². The number of aldehydes is 1. The van der Waals surface area contributed by atoms with E-state index < -0.39 is 0 Å². The van der Waals surface area contributed by atoms with E-state index in [2.05, 4.69) is 20.1 Å². The summed E-state index contributed by atoms with van der Waals surface area (Å²) in [5.74, 6) is 0. The minimum Gasteiger partial charge on any atom is -0.298 e. The van der Waals surface area contributed by atoms with Crippen molar-refractivity contribution >= 4 is 17.7 Å². The van der Waals surface area contributed by atoms with Crippen LogP contribution in [0.15, 0.2) is 28.4 Å². The van der Waals surface area contributed by atoms with Gasteiger partial charge in [0.05, 0.1) is 0 Å². The van der Waals surface area contributed by atoms with Gasteiger partial charge in [-0.2, -0.15) is 0 Å². The lowest BCUT2D eigenvalue weighted by Crippen LogP contribution is -1.78. The number of hydrogen-bond donors (Lipinski definition) is 0. The van der Waals surface area contributed by atoms with Gasteiger partial charge in [0.25, 0.3) is 0 Å². The highest BCUT2D eigenvalue weighted by Gasteiger charge is 1.99. The largest absolute Gasteiger partial charge is 0.298 e. The van der Waals surface area contributed by atoms with Crippen LogP contribution in [-0.2, 0) is 0 Å². The monoisotopic (exact) mass is 188 g/mol. The molecule has 0 spiro atoms. The van der Waals surface area contributed by atoms with Crippen molar-refractivity contribution in [2.45, 2.75) is 0 Å². The Bertz CT molecular complexity index is 455. The minimum absolute atomic E-state index is 0.146. The van der Waals surface area contributed by atoms with Crippen LogP contribution < -0.4 is 0 Å². The molecule has 0 aliphatic rings. The number of carbonyl (C=O) groups is 1. The molecular weight excluding hydrogens is 184 g/mol. The molecule has 0 fully saturated rings. The SMILES string of the molecule is [N-]=[N+]=Nc1ccc(C=O)c(N=[N+]=[N-])c1.